The normalized spacial score (nSPS) is 19.0. The Labute approximate surface area is 149 Å². The van der Waals surface area contributed by atoms with Gasteiger partial charge in [0.25, 0.3) is 5.91 Å². The van der Waals surface area contributed by atoms with E-state index in [1.54, 1.807) is 5.01 Å². The van der Waals surface area contributed by atoms with E-state index in [4.69, 9.17) is 4.99 Å². The summed E-state index contributed by atoms with van der Waals surface area (Å²) in [5.41, 5.74) is 1.61. The maximum atomic E-state index is 12.6. The zero-order chi connectivity index (χ0) is 17.2. The van der Waals surface area contributed by atoms with Crippen molar-refractivity contribution in [3.63, 3.8) is 0 Å². The molecule has 0 aromatic heterocycles. The summed E-state index contributed by atoms with van der Waals surface area (Å²) in [5.74, 6) is -0.153. The van der Waals surface area contributed by atoms with Gasteiger partial charge in [-0.1, -0.05) is 66.4 Å². The molecule has 0 spiro atoms. The predicted molar refractivity (Wildman–Crippen MR) is 101 cm³/mol. The zero-order valence-electron chi connectivity index (χ0n) is 13.6. The van der Waals surface area contributed by atoms with Crippen LogP contribution in [0.5, 0.6) is 0 Å². The number of amides is 1. The van der Waals surface area contributed by atoms with Crippen LogP contribution in [0.1, 0.15) is 5.56 Å². The molecule has 1 amide bonds. The van der Waals surface area contributed by atoms with Crippen LogP contribution in [0.3, 0.4) is 0 Å². The highest BCUT2D eigenvalue weighted by atomic mass is 32.2. The van der Waals surface area contributed by atoms with Crippen LogP contribution in [0.2, 0.25) is 0 Å². The van der Waals surface area contributed by atoms with Crippen molar-refractivity contribution >= 4 is 34.6 Å². The lowest BCUT2D eigenvalue weighted by Gasteiger charge is -2.32. The number of hydrogen-bond acceptors (Lipinski definition) is 5. The van der Waals surface area contributed by atoms with E-state index in [0.29, 0.717) is 10.9 Å². The Kier molecular flexibility index (Phi) is 4.11. The van der Waals surface area contributed by atoms with Crippen LogP contribution in [-0.2, 0) is 4.79 Å². The molecule has 0 fully saturated rings. The number of carbonyl (C=O) groups is 1. The molecule has 1 atom stereocenters. The largest absolute Gasteiger partial charge is 0.298 e. The maximum Gasteiger partial charge on any atom is 0.276 e. The van der Waals surface area contributed by atoms with Gasteiger partial charge in [0.15, 0.2) is 11.3 Å². The molecule has 0 radical (unpaired) electrons. The zero-order valence-corrected chi connectivity index (χ0v) is 14.4. The van der Waals surface area contributed by atoms with Crippen molar-refractivity contribution in [2.45, 2.75) is 6.17 Å². The number of carbonyl (C=O) groups excluding carboxylic acids is 1. The van der Waals surface area contributed by atoms with Crippen molar-refractivity contribution in [3.05, 3.63) is 76.8 Å². The van der Waals surface area contributed by atoms with Gasteiger partial charge in [0.05, 0.1) is 5.36 Å². The number of amidine groups is 1. The molecule has 2 aromatic rings. The summed E-state index contributed by atoms with van der Waals surface area (Å²) in [4.78, 5) is 17.4. The number of nitrogens with one attached hydrogen (secondary N) is 1. The average Bonchev–Trinajstić information content (AvgIpc) is 2.66. The van der Waals surface area contributed by atoms with E-state index >= 15 is 0 Å². The molecule has 4 rings (SSSR count). The van der Waals surface area contributed by atoms with E-state index in [1.165, 1.54) is 11.8 Å². The number of nitrogens with zero attached hydrogens (tertiary/aromatic N) is 3. The van der Waals surface area contributed by atoms with Gasteiger partial charge in [-0.15, -0.1) is 5.10 Å². The van der Waals surface area contributed by atoms with Gasteiger partial charge in [0.1, 0.15) is 5.70 Å². The molecule has 2 heterocycles. The summed E-state index contributed by atoms with van der Waals surface area (Å²) in [5, 5.41) is 11.3. The Hall–Kier alpha value is -2.86. The first-order chi connectivity index (χ1) is 12.3. The molecular weight excluding hydrogens is 332 g/mol. The van der Waals surface area contributed by atoms with Crippen molar-refractivity contribution in [1.29, 1.82) is 0 Å². The minimum atomic E-state index is -0.363. The SMILES string of the molecule is CSC1=NN2C(=c3ccccc3=NC2/C=C/c2ccccc2)C(=O)N1. The first kappa shape index (κ1) is 15.7. The molecule has 5 nitrogen and oxygen atoms in total. The highest BCUT2D eigenvalue weighted by molar-refractivity contribution is 8.13. The topological polar surface area (TPSA) is 57.1 Å². The smallest absolute Gasteiger partial charge is 0.276 e. The van der Waals surface area contributed by atoms with Gasteiger partial charge >= 0.3 is 0 Å². The first-order valence-corrected chi connectivity index (χ1v) is 9.12. The third-order valence-corrected chi connectivity index (χ3v) is 4.57. The number of benzene rings is 2. The van der Waals surface area contributed by atoms with Crippen molar-refractivity contribution in [2.24, 2.45) is 10.1 Å². The van der Waals surface area contributed by atoms with Crippen LogP contribution >= 0.6 is 11.8 Å². The minimum Gasteiger partial charge on any atom is -0.298 e. The van der Waals surface area contributed by atoms with Gasteiger partial charge in [-0.25, -0.2) is 5.01 Å². The molecule has 25 heavy (non-hydrogen) atoms. The van der Waals surface area contributed by atoms with Crippen molar-refractivity contribution in [1.82, 2.24) is 10.3 Å². The summed E-state index contributed by atoms with van der Waals surface area (Å²) in [7, 11) is 0. The standard InChI is InChI=1S/C19H16N4OS/c1-25-19-21-18(24)17-14-9-5-6-10-15(14)20-16(23(17)22-19)12-11-13-7-3-2-4-8-13/h2-12,16H,1H3,(H,21,22,24)/b12-11+. The van der Waals surface area contributed by atoms with Gasteiger partial charge in [0.2, 0.25) is 0 Å². The molecule has 2 aliphatic heterocycles. The van der Waals surface area contributed by atoms with Gasteiger partial charge in [-0.3, -0.25) is 15.1 Å². The van der Waals surface area contributed by atoms with Gasteiger partial charge < -0.3 is 0 Å². The monoisotopic (exact) mass is 348 g/mol. The lowest BCUT2D eigenvalue weighted by Crippen LogP contribution is -2.52. The van der Waals surface area contributed by atoms with Crippen LogP contribution in [0.4, 0.5) is 0 Å². The third kappa shape index (κ3) is 2.96. The lowest BCUT2D eigenvalue weighted by molar-refractivity contribution is -0.116. The first-order valence-electron chi connectivity index (χ1n) is 7.90. The molecule has 1 N–H and O–H groups in total. The minimum absolute atomic E-state index is 0.153. The highest BCUT2D eigenvalue weighted by Gasteiger charge is 2.31. The van der Waals surface area contributed by atoms with Crippen LogP contribution in [0.25, 0.3) is 11.8 Å². The van der Waals surface area contributed by atoms with E-state index in [2.05, 4.69) is 10.4 Å². The van der Waals surface area contributed by atoms with Crippen LogP contribution in [-0.4, -0.2) is 28.5 Å². The predicted octanol–water partition coefficient (Wildman–Crippen LogP) is 1.53. The molecule has 0 saturated heterocycles. The Morgan fingerprint density at radius 1 is 1.12 bits per heavy atom. The number of fused-ring (bicyclic) bond motifs is 2. The van der Waals surface area contributed by atoms with E-state index in [9.17, 15) is 4.79 Å². The quantitative estimate of drug-likeness (QED) is 0.896. The Morgan fingerprint density at radius 3 is 2.68 bits per heavy atom. The molecule has 0 bridgehead atoms. The molecule has 2 aliphatic rings. The number of rotatable bonds is 2. The Morgan fingerprint density at radius 2 is 1.88 bits per heavy atom. The molecule has 0 saturated carbocycles. The number of hydrazone groups is 1. The summed E-state index contributed by atoms with van der Waals surface area (Å²) in [6.45, 7) is 0. The summed E-state index contributed by atoms with van der Waals surface area (Å²) >= 11 is 1.40. The fraction of sp³-hybridized carbons (Fsp3) is 0.105. The number of para-hydroxylation sites is 1. The van der Waals surface area contributed by atoms with Gasteiger partial charge in [-0.05, 0) is 24.0 Å². The van der Waals surface area contributed by atoms with E-state index in [1.807, 2.05) is 73.0 Å². The fourth-order valence-electron chi connectivity index (χ4n) is 2.83. The second kappa shape index (κ2) is 6.57. The van der Waals surface area contributed by atoms with Gasteiger partial charge in [0, 0.05) is 5.22 Å². The Bertz CT molecular complexity index is 998. The second-order valence-corrected chi connectivity index (χ2v) is 6.38. The summed E-state index contributed by atoms with van der Waals surface area (Å²) in [6, 6.07) is 17.7. The van der Waals surface area contributed by atoms with Crippen molar-refractivity contribution in [2.75, 3.05) is 6.26 Å². The van der Waals surface area contributed by atoms with Crippen molar-refractivity contribution < 1.29 is 4.79 Å². The average molecular weight is 348 g/mol. The summed E-state index contributed by atoms with van der Waals surface area (Å²) < 4.78 is 0. The fourth-order valence-corrected chi connectivity index (χ4v) is 3.20. The molecule has 124 valence electrons. The molecule has 6 heteroatoms. The van der Waals surface area contributed by atoms with E-state index < -0.39 is 0 Å². The maximum absolute atomic E-state index is 12.6. The van der Waals surface area contributed by atoms with E-state index in [-0.39, 0.29) is 12.1 Å². The van der Waals surface area contributed by atoms with Crippen LogP contribution < -0.4 is 15.9 Å². The van der Waals surface area contributed by atoms with Crippen LogP contribution in [0, 0.1) is 0 Å². The van der Waals surface area contributed by atoms with E-state index in [0.717, 1.165) is 16.1 Å². The third-order valence-electron chi connectivity index (χ3n) is 4.00. The van der Waals surface area contributed by atoms with Crippen LogP contribution in [0.15, 0.2) is 70.8 Å². The second-order valence-electron chi connectivity index (χ2n) is 5.59. The molecule has 2 aromatic carbocycles. The van der Waals surface area contributed by atoms with Crippen molar-refractivity contribution in [3.8, 4) is 0 Å². The molecule has 0 aliphatic carbocycles. The number of thioether (sulfide) groups is 1. The highest BCUT2D eigenvalue weighted by Crippen LogP contribution is 2.21. The molecular formula is C19H16N4OS. The molecule has 1 unspecified atom stereocenters. The lowest BCUT2D eigenvalue weighted by atomic mass is 10.1. The Balaban J connectivity index is 1.84. The van der Waals surface area contributed by atoms with Gasteiger partial charge in [-0.2, -0.15) is 0 Å². The number of hydrogen-bond donors (Lipinski definition) is 1. The summed E-state index contributed by atoms with van der Waals surface area (Å²) in [6.07, 6.45) is 5.48.